The lowest BCUT2D eigenvalue weighted by molar-refractivity contribution is 0.583. The van der Waals surface area contributed by atoms with Crippen LogP contribution in [0.3, 0.4) is 0 Å². The molecule has 5 heteroatoms. The minimum atomic E-state index is -0.344. The normalized spacial score (nSPS) is 11.6. The van der Waals surface area contributed by atoms with Crippen LogP contribution < -0.4 is 5.32 Å². The molecule has 0 bridgehead atoms. The maximum Gasteiger partial charge on any atom is 0.126 e. The van der Waals surface area contributed by atoms with Gasteiger partial charge in [-0.2, -0.15) is 0 Å². The first kappa shape index (κ1) is 14.3. The average Bonchev–Trinajstić information content (AvgIpc) is 2.73. The second-order valence-electron chi connectivity index (χ2n) is 5.41. The van der Waals surface area contributed by atoms with Crippen LogP contribution >= 0.6 is 22.9 Å². The van der Waals surface area contributed by atoms with Gasteiger partial charge in [0.05, 0.1) is 17.2 Å². The molecular weight excluding hydrogens is 283 g/mol. The fraction of sp³-hybridized carbons (Fsp3) is 0.357. The van der Waals surface area contributed by atoms with Crippen molar-refractivity contribution in [2.45, 2.75) is 32.7 Å². The van der Waals surface area contributed by atoms with E-state index in [4.69, 9.17) is 11.6 Å². The first-order valence-electron chi connectivity index (χ1n) is 5.99. The molecule has 19 heavy (non-hydrogen) atoms. The van der Waals surface area contributed by atoms with Crippen molar-refractivity contribution in [3.8, 4) is 0 Å². The van der Waals surface area contributed by atoms with Crippen LogP contribution in [0.4, 0.5) is 10.1 Å². The molecule has 0 aliphatic carbocycles. The van der Waals surface area contributed by atoms with Gasteiger partial charge in [-0.1, -0.05) is 32.4 Å². The lowest BCUT2D eigenvalue weighted by Crippen LogP contribution is -2.11. The van der Waals surface area contributed by atoms with Gasteiger partial charge in [0, 0.05) is 21.5 Å². The molecule has 0 unspecified atom stereocenters. The number of thiazole rings is 1. The van der Waals surface area contributed by atoms with Crippen LogP contribution in [-0.4, -0.2) is 4.98 Å². The number of hydrogen-bond donors (Lipinski definition) is 1. The summed E-state index contributed by atoms with van der Waals surface area (Å²) in [6.07, 6.45) is 0. The molecule has 0 fully saturated rings. The van der Waals surface area contributed by atoms with Crippen LogP contribution in [0.25, 0.3) is 0 Å². The summed E-state index contributed by atoms with van der Waals surface area (Å²) in [6, 6.07) is 4.40. The molecule has 1 N–H and O–H groups in total. The molecular formula is C14H16ClFN2S. The van der Waals surface area contributed by atoms with Crippen molar-refractivity contribution in [1.29, 1.82) is 0 Å². The number of hydrogen-bond acceptors (Lipinski definition) is 3. The Morgan fingerprint density at radius 3 is 2.63 bits per heavy atom. The molecule has 1 aromatic carbocycles. The van der Waals surface area contributed by atoms with E-state index in [2.05, 4.69) is 31.1 Å². The predicted molar refractivity (Wildman–Crippen MR) is 79.6 cm³/mol. The van der Waals surface area contributed by atoms with E-state index in [0.29, 0.717) is 17.3 Å². The number of nitrogens with zero attached hydrogens (tertiary/aromatic N) is 1. The van der Waals surface area contributed by atoms with E-state index in [1.807, 2.05) is 5.38 Å². The van der Waals surface area contributed by atoms with Gasteiger partial charge in [-0.3, -0.25) is 0 Å². The van der Waals surface area contributed by atoms with Crippen LogP contribution in [0.5, 0.6) is 0 Å². The number of rotatable bonds is 3. The Labute approximate surface area is 121 Å². The van der Waals surface area contributed by atoms with Crippen molar-refractivity contribution in [3.63, 3.8) is 0 Å². The summed E-state index contributed by atoms with van der Waals surface area (Å²) < 4.78 is 13.2. The molecule has 0 spiro atoms. The molecule has 0 radical (unpaired) electrons. The van der Waals surface area contributed by atoms with Gasteiger partial charge >= 0.3 is 0 Å². The van der Waals surface area contributed by atoms with Gasteiger partial charge in [0.1, 0.15) is 5.82 Å². The van der Waals surface area contributed by atoms with Gasteiger partial charge in [0.15, 0.2) is 0 Å². The maximum atomic E-state index is 13.2. The third-order valence-corrected chi connectivity index (χ3v) is 4.06. The lowest BCUT2D eigenvalue weighted by Gasteiger charge is -2.13. The molecule has 0 atom stereocenters. The topological polar surface area (TPSA) is 24.9 Å². The Hall–Kier alpha value is -1.13. The summed E-state index contributed by atoms with van der Waals surface area (Å²) in [5, 5.41) is 6.63. The smallest absolute Gasteiger partial charge is 0.126 e. The number of aromatic nitrogens is 1. The average molecular weight is 299 g/mol. The second-order valence-corrected chi connectivity index (χ2v) is 6.70. The summed E-state index contributed by atoms with van der Waals surface area (Å²) in [6.45, 7) is 6.96. The van der Waals surface area contributed by atoms with Gasteiger partial charge in [-0.15, -0.1) is 11.3 Å². The molecule has 2 aromatic rings. The fourth-order valence-electron chi connectivity index (χ4n) is 1.58. The number of nitrogens with one attached hydrogen (secondary N) is 1. The van der Waals surface area contributed by atoms with E-state index in [0.717, 1.165) is 10.7 Å². The Morgan fingerprint density at radius 1 is 1.32 bits per heavy atom. The molecule has 0 aliphatic heterocycles. The van der Waals surface area contributed by atoms with E-state index in [9.17, 15) is 4.39 Å². The zero-order chi connectivity index (χ0) is 14.0. The van der Waals surface area contributed by atoms with Gasteiger partial charge in [0.25, 0.3) is 0 Å². The third kappa shape index (κ3) is 3.91. The van der Waals surface area contributed by atoms with Crippen LogP contribution in [0.2, 0.25) is 5.02 Å². The lowest BCUT2D eigenvalue weighted by atomic mass is 9.98. The number of halogens is 2. The van der Waals surface area contributed by atoms with Gasteiger partial charge in [-0.25, -0.2) is 9.37 Å². The highest BCUT2D eigenvalue weighted by Crippen LogP contribution is 2.26. The van der Waals surface area contributed by atoms with E-state index < -0.39 is 0 Å². The summed E-state index contributed by atoms with van der Waals surface area (Å²) in [4.78, 5) is 4.57. The third-order valence-electron chi connectivity index (χ3n) is 2.53. The molecule has 1 heterocycles. The molecule has 0 saturated heterocycles. The van der Waals surface area contributed by atoms with Crippen molar-refractivity contribution in [3.05, 3.63) is 45.1 Å². The Bertz CT molecular complexity index is 555. The molecule has 0 saturated carbocycles. The summed E-state index contributed by atoms with van der Waals surface area (Å²) >= 11 is 7.45. The molecule has 1 aromatic heterocycles. The maximum absolute atomic E-state index is 13.2. The summed E-state index contributed by atoms with van der Waals surface area (Å²) in [7, 11) is 0. The van der Waals surface area contributed by atoms with Crippen molar-refractivity contribution in [1.82, 2.24) is 4.98 Å². The molecule has 0 aliphatic rings. The molecule has 2 nitrogen and oxygen atoms in total. The fourth-order valence-corrected chi connectivity index (χ4v) is 2.71. The Kier molecular flexibility index (Phi) is 4.11. The van der Waals surface area contributed by atoms with Gasteiger partial charge in [-0.05, 0) is 18.2 Å². The summed E-state index contributed by atoms with van der Waals surface area (Å²) in [5.74, 6) is -0.344. The first-order valence-corrected chi connectivity index (χ1v) is 7.25. The van der Waals surface area contributed by atoms with Gasteiger partial charge < -0.3 is 5.32 Å². The van der Waals surface area contributed by atoms with Crippen molar-refractivity contribution < 1.29 is 4.39 Å². The highest BCUT2D eigenvalue weighted by Gasteiger charge is 2.17. The molecule has 102 valence electrons. The highest BCUT2D eigenvalue weighted by atomic mass is 35.5. The summed E-state index contributed by atoms with van der Waals surface area (Å²) in [5.41, 5.74) is 1.68. The number of anilines is 1. The zero-order valence-electron chi connectivity index (χ0n) is 11.1. The van der Waals surface area contributed by atoms with Crippen molar-refractivity contribution in [2.75, 3.05) is 5.32 Å². The predicted octanol–water partition coefficient (Wildman–Crippen LogP) is 4.85. The Morgan fingerprint density at radius 2 is 2.05 bits per heavy atom. The van der Waals surface area contributed by atoms with Crippen LogP contribution in [0.1, 0.15) is 31.5 Å². The Balaban J connectivity index is 2.04. The standard InChI is InChI=1S/C14H16ClFN2S/c1-14(2,3)13-18-12(8-19-13)7-17-11-5-9(15)4-10(16)6-11/h4-6,8,17H,7H2,1-3H3. The first-order chi connectivity index (χ1) is 8.84. The largest absolute Gasteiger partial charge is 0.379 e. The van der Waals surface area contributed by atoms with Crippen LogP contribution in [-0.2, 0) is 12.0 Å². The quantitative estimate of drug-likeness (QED) is 0.876. The van der Waals surface area contributed by atoms with Crippen molar-refractivity contribution in [2.24, 2.45) is 0 Å². The SMILES string of the molecule is CC(C)(C)c1nc(CNc2cc(F)cc(Cl)c2)cs1. The van der Waals surface area contributed by atoms with Gasteiger partial charge in [0.2, 0.25) is 0 Å². The van der Waals surface area contributed by atoms with Crippen LogP contribution in [0, 0.1) is 5.82 Å². The zero-order valence-corrected chi connectivity index (χ0v) is 12.7. The van der Waals surface area contributed by atoms with Crippen molar-refractivity contribution >= 4 is 28.6 Å². The monoisotopic (exact) mass is 298 g/mol. The van der Waals surface area contributed by atoms with E-state index in [1.165, 1.54) is 12.1 Å². The minimum absolute atomic E-state index is 0.0606. The highest BCUT2D eigenvalue weighted by molar-refractivity contribution is 7.09. The number of benzene rings is 1. The van der Waals surface area contributed by atoms with E-state index >= 15 is 0 Å². The minimum Gasteiger partial charge on any atom is -0.379 e. The molecule has 0 amide bonds. The second kappa shape index (κ2) is 5.47. The van der Waals surface area contributed by atoms with E-state index in [-0.39, 0.29) is 11.2 Å². The van der Waals surface area contributed by atoms with E-state index in [1.54, 1.807) is 17.4 Å². The molecule has 2 rings (SSSR count). The van der Waals surface area contributed by atoms with Crippen LogP contribution in [0.15, 0.2) is 23.6 Å².